The third-order valence-corrected chi connectivity index (χ3v) is 3.04. The van der Waals surface area contributed by atoms with Crippen LogP contribution in [0.4, 0.5) is 5.69 Å². The van der Waals surface area contributed by atoms with Gasteiger partial charge in [-0.15, -0.1) is 0 Å². The summed E-state index contributed by atoms with van der Waals surface area (Å²) >= 11 is 0. The number of nitrogen functional groups attached to an aromatic ring is 1. The SMILES string of the molecule is CCCC(CC)NC(=O)c1ccc(C)cc1NN. The normalized spacial score (nSPS) is 12.0. The number of carbonyl (C=O) groups is 1. The molecule has 0 aliphatic heterocycles. The maximum absolute atomic E-state index is 12.2. The van der Waals surface area contributed by atoms with Gasteiger partial charge >= 0.3 is 0 Å². The molecule has 0 aromatic heterocycles. The van der Waals surface area contributed by atoms with Gasteiger partial charge in [0.05, 0.1) is 11.3 Å². The van der Waals surface area contributed by atoms with Crippen molar-refractivity contribution >= 4 is 11.6 Å². The van der Waals surface area contributed by atoms with Crippen LogP contribution in [0, 0.1) is 6.92 Å². The minimum Gasteiger partial charge on any atom is -0.349 e. The van der Waals surface area contributed by atoms with Crippen molar-refractivity contribution in [3.63, 3.8) is 0 Å². The van der Waals surface area contributed by atoms with Crippen molar-refractivity contribution in [2.75, 3.05) is 5.43 Å². The van der Waals surface area contributed by atoms with Gasteiger partial charge in [-0.1, -0.05) is 26.3 Å². The van der Waals surface area contributed by atoms with Gasteiger partial charge in [-0.05, 0) is 37.5 Å². The Labute approximate surface area is 109 Å². The van der Waals surface area contributed by atoms with Gasteiger partial charge in [0.25, 0.3) is 5.91 Å². The van der Waals surface area contributed by atoms with Crippen LogP contribution in [0.3, 0.4) is 0 Å². The number of nitrogens with one attached hydrogen (secondary N) is 2. The van der Waals surface area contributed by atoms with Gasteiger partial charge in [-0.25, -0.2) is 0 Å². The van der Waals surface area contributed by atoms with Crippen molar-refractivity contribution in [2.45, 2.75) is 46.1 Å². The van der Waals surface area contributed by atoms with Crippen molar-refractivity contribution in [1.82, 2.24) is 5.32 Å². The van der Waals surface area contributed by atoms with Crippen LogP contribution < -0.4 is 16.6 Å². The maximum Gasteiger partial charge on any atom is 0.253 e. The molecule has 100 valence electrons. The predicted molar refractivity (Wildman–Crippen MR) is 75.4 cm³/mol. The second kappa shape index (κ2) is 7.01. The van der Waals surface area contributed by atoms with Crippen molar-refractivity contribution in [3.8, 4) is 0 Å². The fraction of sp³-hybridized carbons (Fsp3) is 0.500. The van der Waals surface area contributed by atoms with E-state index in [4.69, 9.17) is 5.84 Å². The highest BCUT2D eigenvalue weighted by atomic mass is 16.1. The van der Waals surface area contributed by atoms with Crippen LogP contribution in [0.5, 0.6) is 0 Å². The number of anilines is 1. The molecule has 1 atom stereocenters. The second-order valence-corrected chi connectivity index (χ2v) is 4.56. The van der Waals surface area contributed by atoms with E-state index in [-0.39, 0.29) is 11.9 Å². The van der Waals surface area contributed by atoms with Gasteiger partial charge in [-0.3, -0.25) is 10.6 Å². The number of carbonyl (C=O) groups excluding carboxylic acids is 1. The van der Waals surface area contributed by atoms with Gasteiger partial charge in [-0.2, -0.15) is 0 Å². The molecular formula is C14H23N3O. The fourth-order valence-electron chi connectivity index (χ4n) is 1.97. The van der Waals surface area contributed by atoms with Crippen LogP contribution in [-0.2, 0) is 0 Å². The van der Waals surface area contributed by atoms with Crippen molar-refractivity contribution < 1.29 is 4.79 Å². The molecule has 0 aliphatic carbocycles. The summed E-state index contributed by atoms with van der Waals surface area (Å²) in [4.78, 5) is 12.2. The molecule has 1 unspecified atom stereocenters. The number of hydrogen-bond acceptors (Lipinski definition) is 3. The average molecular weight is 249 g/mol. The average Bonchev–Trinajstić information content (AvgIpc) is 2.37. The van der Waals surface area contributed by atoms with E-state index < -0.39 is 0 Å². The van der Waals surface area contributed by atoms with E-state index >= 15 is 0 Å². The summed E-state index contributed by atoms with van der Waals surface area (Å²) in [6, 6.07) is 5.82. The third kappa shape index (κ3) is 3.74. The minimum atomic E-state index is -0.0664. The number of hydrogen-bond donors (Lipinski definition) is 3. The summed E-state index contributed by atoms with van der Waals surface area (Å²) in [6.45, 7) is 6.17. The summed E-state index contributed by atoms with van der Waals surface area (Å²) in [5, 5.41) is 3.04. The second-order valence-electron chi connectivity index (χ2n) is 4.56. The standard InChI is InChI=1S/C14H23N3O/c1-4-6-11(5-2)16-14(18)12-8-7-10(3)9-13(12)17-15/h7-9,11,17H,4-6,15H2,1-3H3,(H,16,18). The minimum absolute atomic E-state index is 0.0664. The zero-order chi connectivity index (χ0) is 13.5. The number of benzene rings is 1. The van der Waals surface area contributed by atoms with Crippen LogP contribution in [0.1, 0.15) is 49.0 Å². The molecule has 4 N–H and O–H groups in total. The topological polar surface area (TPSA) is 67.2 Å². The molecule has 1 rings (SSSR count). The van der Waals surface area contributed by atoms with Crippen LogP contribution in [0.25, 0.3) is 0 Å². The molecular weight excluding hydrogens is 226 g/mol. The lowest BCUT2D eigenvalue weighted by molar-refractivity contribution is 0.0934. The van der Waals surface area contributed by atoms with E-state index in [1.54, 1.807) is 6.07 Å². The Morgan fingerprint density at radius 2 is 2.11 bits per heavy atom. The molecule has 1 aromatic carbocycles. The Hall–Kier alpha value is -1.55. The lowest BCUT2D eigenvalue weighted by Crippen LogP contribution is -2.34. The lowest BCUT2D eigenvalue weighted by atomic mass is 10.1. The fourth-order valence-corrected chi connectivity index (χ4v) is 1.97. The summed E-state index contributed by atoms with van der Waals surface area (Å²) in [7, 11) is 0. The Bertz CT molecular complexity index is 404. The van der Waals surface area contributed by atoms with Crippen LogP contribution in [0.2, 0.25) is 0 Å². The van der Waals surface area contributed by atoms with Crippen molar-refractivity contribution in [2.24, 2.45) is 5.84 Å². The summed E-state index contributed by atoms with van der Waals surface area (Å²) < 4.78 is 0. The molecule has 0 saturated carbocycles. The van der Waals surface area contributed by atoms with Gasteiger partial charge in [0, 0.05) is 6.04 Å². The first-order valence-corrected chi connectivity index (χ1v) is 6.50. The molecule has 0 spiro atoms. The zero-order valence-corrected chi connectivity index (χ0v) is 11.4. The smallest absolute Gasteiger partial charge is 0.253 e. The molecule has 4 nitrogen and oxygen atoms in total. The highest BCUT2D eigenvalue weighted by molar-refractivity contribution is 5.99. The first kappa shape index (κ1) is 14.5. The van der Waals surface area contributed by atoms with E-state index in [0.29, 0.717) is 11.3 Å². The highest BCUT2D eigenvalue weighted by Crippen LogP contribution is 2.17. The number of amides is 1. The number of rotatable bonds is 6. The summed E-state index contributed by atoms with van der Waals surface area (Å²) in [6.07, 6.45) is 3.00. The number of aryl methyl sites for hydroxylation is 1. The Morgan fingerprint density at radius 1 is 1.39 bits per heavy atom. The largest absolute Gasteiger partial charge is 0.349 e. The molecule has 0 saturated heterocycles. The molecule has 0 bridgehead atoms. The molecule has 1 amide bonds. The molecule has 0 aliphatic rings. The maximum atomic E-state index is 12.2. The third-order valence-electron chi connectivity index (χ3n) is 3.04. The van der Waals surface area contributed by atoms with Crippen LogP contribution in [-0.4, -0.2) is 11.9 Å². The van der Waals surface area contributed by atoms with E-state index in [0.717, 1.165) is 24.8 Å². The first-order valence-electron chi connectivity index (χ1n) is 6.50. The molecule has 1 aromatic rings. The first-order chi connectivity index (χ1) is 8.62. The zero-order valence-electron chi connectivity index (χ0n) is 11.4. The van der Waals surface area contributed by atoms with Crippen LogP contribution in [0.15, 0.2) is 18.2 Å². The highest BCUT2D eigenvalue weighted by Gasteiger charge is 2.14. The number of nitrogens with two attached hydrogens (primary N) is 1. The van der Waals surface area contributed by atoms with Crippen molar-refractivity contribution in [1.29, 1.82) is 0 Å². The van der Waals surface area contributed by atoms with Gasteiger partial charge in [0.2, 0.25) is 0 Å². The quantitative estimate of drug-likeness (QED) is 0.536. The van der Waals surface area contributed by atoms with Gasteiger partial charge < -0.3 is 10.7 Å². The van der Waals surface area contributed by atoms with E-state index in [1.807, 2.05) is 19.1 Å². The van der Waals surface area contributed by atoms with Crippen molar-refractivity contribution in [3.05, 3.63) is 29.3 Å². The van der Waals surface area contributed by atoms with E-state index in [2.05, 4.69) is 24.6 Å². The molecule has 0 fully saturated rings. The van der Waals surface area contributed by atoms with E-state index in [1.165, 1.54) is 0 Å². The van der Waals surface area contributed by atoms with E-state index in [9.17, 15) is 4.79 Å². The Morgan fingerprint density at radius 3 is 2.67 bits per heavy atom. The lowest BCUT2D eigenvalue weighted by Gasteiger charge is -2.17. The van der Waals surface area contributed by atoms with Gasteiger partial charge in [0.1, 0.15) is 0 Å². The van der Waals surface area contributed by atoms with Crippen LogP contribution >= 0.6 is 0 Å². The predicted octanol–water partition coefficient (Wildman–Crippen LogP) is 2.59. The van der Waals surface area contributed by atoms with Gasteiger partial charge in [0.15, 0.2) is 0 Å². The Kier molecular flexibility index (Phi) is 5.65. The molecule has 4 heteroatoms. The number of hydrazine groups is 1. The molecule has 0 radical (unpaired) electrons. The summed E-state index contributed by atoms with van der Waals surface area (Å²) in [5.74, 6) is 5.38. The Balaban J connectivity index is 2.83. The summed E-state index contributed by atoms with van der Waals surface area (Å²) in [5.41, 5.74) is 4.91. The molecule has 0 heterocycles. The monoisotopic (exact) mass is 249 g/mol. The molecule has 18 heavy (non-hydrogen) atoms.